The molecule has 0 spiro atoms. The zero-order valence-corrected chi connectivity index (χ0v) is 18.1. The molecule has 1 aromatic carbocycles. The molecular formula is C19H28Cl2N2O4. The van der Waals surface area contributed by atoms with Crippen molar-refractivity contribution in [3.63, 3.8) is 0 Å². The average molecular weight is 419 g/mol. The molecule has 0 radical (unpaired) electrons. The smallest absolute Gasteiger partial charge is 0.408 e. The molecule has 2 unspecified atom stereocenters. The third-order valence-electron chi connectivity index (χ3n) is 3.68. The summed E-state index contributed by atoms with van der Waals surface area (Å²) >= 11 is 12.0. The monoisotopic (exact) mass is 418 g/mol. The van der Waals surface area contributed by atoms with Crippen molar-refractivity contribution in [2.45, 2.75) is 52.4 Å². The van der Waals surface area contributed by atoms with Gasteiger partial charge in [0.15, 0.2) is 0 Å². The molecule has 2 amide bonds. The molecule has 0 saturated heterocycles. The van der Waals surface area contributed by atoms with Crippen molar-refractivity contribution in [3.8, 4) is 0 Å². The number of ether oxygens (including phenoxy) is 2. The first-order chi connectivity index (χ1) is 12.4. The molecule has 0 aliphatic heterocycles. The summed E-state index contributed by atoms with van der Waals surface area (Å²) in [4.78, 5) is 24.6. The zero-order chi connectivity index (χ0) is 20.8. The van der Waals surface area contributed by atoms with Crippen LogP contribution in [0.4, 0.5) is 4.79 Å². The van der Waals surface area contributed by atoms with Gasteiger partial charge >= 0.3 is 6.09 Å². The Hall–Kier alpha value is -1.50. The van der Waals surface area contributed by atoms with Crippen molar-refractivity contribution >= 4 is 35.2 Å². The van der Waals surface area contributed by atoms with E-state index in [0.29, 0.717) is 10.0 Å². The Morgan fingerprint density at radius 3 is 2.26 bits per heavy atom. The van der Waals surface area contributed by atoms with Gasteiger partial charge < -0.3 is 20.1 Å². The highest BCUT2D eigenvalue weighted by Crippen LogP contribution is 2.26. The molecule has 0 aromatic heterocycles. The predicted molar refractivity (Wildman–Crippen MR) is 107 cm³/mol. The fourth-order valence-electron chi connectivity index (χ4n) is 2.32. The second kappa shape index (κ2) is 10.2. The molecule has 8 heteroatoms. The van der Waals surface area contributed by atoms with Gasteiger partial charge in [0.05, 0.1) is 16.1 Å². The van der Waals surface area contributed by atoms with Gasteiger partial charge in [0, 0.05) is 13.7 Å². The first kappa shape index (κ1) is 23.5. The number of hydrogen-bond acceptors (Lipinski definition) is 4. The van der Waals surface area contributed by atoms with E-state index in [-0.39, 0.29) is 18.4 Å². The lowest BCUT2D eigenvalue weighted by molar-refractivity contribution is -0.124. The summed E-state index contributed by atoms with van der Waals surface area (Å²) in [6.45, 7) is 9.18. The molecule has 0 heterocycles. The van der Waals surface area contributed by atoms with Crippen molar-refractivity contribution in [2.24, 2.45) is 5.92 Å². The fraction of sp³-hybridized carbons (Fsp3) is 0.579. The minimum atomic E-state index is -0.730. The van der Waals surface area contributed by atoms with Crippen LogP contribution in [-0.4, -0.2) is 37.3 Å². The summed E-state index contributed by atoms with van der Waals surface area (Å²) < 4.78 is 10.7. The Bertz CT molecular complexity index is 660. The van der Waals surface area contributed by atoms with E-state index in [1.807, 2.05) is 13.8 Å². The van der Waals surface area contributed by atoms with Crippen molar-refractivity contribution in [3.05, 3.63) is 33.8 Å². The minimum absolute atomic E-state index is 0.122. The van der Waals surface area contributed by atoms with Crippen LogP contribution in [0, 0.1) is 5.92 Å². The highest BCUT2D eigenvalue weighted by Gasteiger charge is 2.27. The number of carbonyl (C=O) groups is 2. The van der Waals surface area contributed by atoms with Crippen LogP contribution < -0.4 is 10.6 Å². The molecule has 2 N–H and O–H groups in total. The van der Waals surface area contributed by atoms with E-state index in [4.69, 9.17) is 32.7 Å². The molecule has 0 bridgehead atoms. The summed E-state index contributed by atoms with van der Waals surface area (Å²) in [5, 5.41) is 6.28. The number of carbonyl (C=O) groups excluding carboxylic acids is 2. The largest absolute Gasteiger partial charge is 0.444 e. The highest BCUT2D eigenvalue weighted by atomic mass is 35.5. The van der Waals surface area contributed by atoms with E-state index in [1.165, 1.54) is 7.11 Å². The van der Waals surface area contributed by atoms with Crippen LogP contribution >= 0.6 is 23.2 Å². The van der Waals surface area contributed by atoms with Crippen LogP contribution in [0.5, 0.6) is 0 Å². The van der Waals surface area contributed by atoms with Gasteiger partial charge in [0.1, 0.15) is 11.6 Å². The van der Waals surface area contributed by atoms with Gasteiger partial charge in [-0.15, -0.1) is 0 Å². The average Bonchev–Trinajstić information content (AvgIpc) is 2.54. The maximum absolute atomic E-state index is 12.6. The number of amides is 2. The van der Waals surface area contributed by atoms with E-state index in [0.717, 1.165) is 5.56 Å². The van der Waals surface area contributed by atoms with Crippen molar-refractivity contribution < 1.29 is 19.1 Å². The Morgan fingerprint density at radius 1 is 1.15 bits per heavy atom. The standard InChI is InChI=1S/C19H28Cl2N2O4/c1-11(2)16(23-18(25)27-19(3,4)5)17(24)22-10-15(26-6)12-7-8-13(20)14(21)9-12/h7-9,11,15-16H,10H2,1-6H3,(H,22,24)(H,23,25). The lowest BCUT2D eigenvalue weighted by atomic mass is 10.0. The second-order valence-electron chi connectivity index (χ2n) is 7.51. The number of halogens is 2. The van der Waals surface area contributed by atoms with E-state index in [9.17, 15) is 9.59 Å². The van der Waals surface area contributed by atoms with Crippen LogP contribution in [0.2, 0.25) is 10.0 Å². The van der Waals surface area contributed by atoms with Gasteiger partial charge in [-0.3, -0.25) is 4.79 Å². The summed E-state index contributed by atoms with van der Waals surface area (Å²) in [5.74, 6) is -0.443. The maximum atomic E-state index is 12.6. The normalized spacial score (nSPS) is 13.8. The second-order valence-corrected chi connectivity index (χ2v) is 8.33. The van der Waals surface area contributed by atoms with Gasteiger partial charge in [0.25, 0.3) is 0 Å². The van der Waals surface area contributed by atoms with E-state index < -0.39 is 23.8 Å². The first-order valence-corrected chi connectivity index (χ1v) is 9.45. The van der Waals surface area contributed by atoms with E-state index >= 15 is 0 Å². The van der Waals surface area contributed by atoms with E-state index in [1.54, 1.807) is 39.0 Å². The lowest BCUT2D eigenvalue weighted by Gasteiger charge is -2.26. The number of rotatable bonds is 7. The van der Waals surface area contributed by atoms with E-state index in [2.05, 4.69) is 10.6 Å². The lowest BCUT2D eigenvalue weighted by Crippen LogP contribution is -2.51. The number of alkyl carbamates (subject to hydrolysis) is 1. The van der Waals surface area contributed by atoms with Crippen molar-refractivity contribution in [1.29, 1.82) is 0 Å². The Morgan fingerprint density at radius 2 is 1.78 bits per heavy atom. The molecule has 1 aromatic rings. The van der Waals surface area contributed by atoms with Gasteiger partial charge in [-0.1, -0.05) is 43.1 Å². The number of benzene rings is 1. The third kappa shape index (κ3) is 7.95. The summed E-state index contributed by atoms with van der Waals surface area (Å²) in [7, 11) is 1.54. The molecule has 1 rings (SSSR count). The highest BCUT2D eigenvalue weighted by molar-refractivity contribution is 6.42. The molecule has 0 aliphatic rings. The predicted octanol–water partition coefficient (Wildman–Crippen LogP) is 4.35. The fourth-order valence-corrected chi connectivity index (χ4v) is 2.63. The molecule has 152 valence electrons. The van der Waals surface area contributed by atoms with Gasteiger partial charge in [-0.25, -0.2) is 4.79 Å². The molecule has 0 saturated carbocycles. The van der Waals surface area contributed by atoms with Crippen LogP contribution in [-0.2, 0) is 14.3 Å². The van der Waals surface area contributed by atoms with Gasteiger partial charge in [-0.05, 0) is 44.4 Å². The Kier molecular flexibility index (Phi) is 8.85. The third-order valence-corrected chi connectivity index (χ3v) is 4.42. The topological polar surface area (TPSA) is 76.7 Å². The number of hydrogen-bond donors (Lipinski definition) is 2. The van der Waals surface area contributed by atoms with Crippen LogP contribution in [0.15, 0.2) is 18.2 Å². The van der Waals surface area contributed by atoms with Crippen LogP contribution in [0.1, 0.15) is 46.3 Å². The summed E-state index contributed by atoms with van der Waals surface area (Å²) in [6.07, 6.45) is -1.04. The minimum Gasteiger partial charge on any atom is -0.444 e. The van der Waals surface area contributed by atoms with Gasteiger partial charge in [-0.2, -0.15) is 0 Å². The molecule has 0 fully saturated rings. The molecule has 27 heavy (non-hydrogen) atoms. The zero-order valence-electron chi connectivity index (χ0n) is 16.6. The van der Waals surface area contributed by atoms with Crippen LogP contribution in [0.25, 0.3) is 0 Å². The quantitative estimate of drug-likeness (QED) is 0.689. The molecule has 0 aliphatic carbocycles. The molecule has 6 nitrogen and oxygen atoms in total. The SMILES string of the molecule is COC(CNC(=O)C(NC(=O)OC(C)(C)C)C(C)C)c1ccc(Cl)c(Cl)c1. The summed E-state index contributed by atoms with van der Waals surface area (Å²) in [5.41, 5.74) is 0.144. The van der Waals surface area contributed by atoms with Gasteiger partial charge in [0.2, 0.25) is 5.91 Å². The van der Waals surface area contributed by atoms with Crippen molar-refractivity contribution in [2.75, 3.05) is 13.7 Å². The number of methoxy groups -OCH3 is 1. The molecule has 2 atom stereocenters. The Balaban J connectivity index is 2.74. The first-order valence-electron chi connectivity index (χ1n) is 8.69. The van der Waals surface area contributed by atoms with Crippen LogP contribution in [0.3, 0.4) is 0 Å². The summed E-state index contributed by atoms with van der Waals surface area (Å²) in [6, 6.07) is 4.43. The maximum Gasteiger partial charge on any atom is 0.408 e. The molecular weight excluding hydrogens is 391 g/mol. The number of nitrogens with one attached hydrogen (secondary N) is 2. The van der Waals surface area contributed by atoms with Crippen molar-refractivity contribution in [1.82, 2.24) is 10.6 Å². The Labute approximate surface area is 170 Å².